The monoisotopic (exact) mass is 112 g/mol. The smallest absolute Gasteiger partial charge is 1.00 e. The molecule has 0 unspecified atom stereocenters. The van der Waals surface area contributed by atoms with E-state index in [0.717, 1.165) is 5.75 Å². The molecule has 0 aromatic heterocycles. The molecule has 0 aliphatic rings. The van der Waals surface area contributed by atoms with Crippen molar-refractivity contribution in [1.82, 2.24) is 0 Å². The van der Waals surface area contributed by atoms with Crippen molar-refractivity contribution in [3.8, 4) is 0 Å². The Labute approximate surface area is 61.9 Å². The maximum Gasteiger partial charge on any atom is 1.00 e. The number of rotatable bonds is 1. The molecule has 0 saturated heterocycles. The van der Waals surface area contributed by atoms with Gasteiger partial charge in [-0.15, -0.1) is 0 Å². The maximum atomic E-state index is 10.0. The molecule has 7 heavy (non-hydrogen) atoms. The molecule has 0 rings (SSSR count). The molecule has 0 aromatic carbocycles. The molecule has 0 aliphatic heterocycles. The summed E-state index contributed by atoms with van der Waals surface area (Å²) in [6.07, 6.45) is 0. The second-order valence-corrected chi connectivity index (χ2v) is 2.37. The summed E-state index contributed by atoms with van der Waals surface area (Å²) >= 11 is 1.35. The van der Waals surface area contributed by atoms with Gasteiger partial charge in [0.05, 0.1) is 0 Å². The van der Waals surface area contributed by atoms with Gasteiger partial charge < -0.3 is 1.43 Å². The minimum absolute atomic E-state index is 0. The van der Waals surface area contributed by atoms with Crippen LogP contribution in [0.1, 0.15) is 15.3 Å². The number of hydrogen-bond acceptors (Lipinski definition) is 2. The molecule has 0 atom stereocenters. The summed E-state index contributed by atoms with van der Waals surface area (Å²) in [4.78, 5) is 10.0. The minimum Gasteiger partial charge on any atom is -1.00 e. The van der Waals surface area contributed by atoms with Crippen molar-refractivity contribution in [2.24, 2.45) is 0 Å². The van der Waals surface area contributed by atoms with Crippen molar-refractivity contribution in [3.63, 3.8) is 0 Å². The van der Waals surface area contributed by atoms with Crippen LogP contribution in [0.4, 0.5) is 0 Å². The van der Waals surface area contributed by atoms with Crippen LogP contribution >= 0.6 is 11.8 Å². The van der Waals surface area contributed by atoms with Crippen LogP contribution in [-0.4, -0.2) is 10.9 Å². The average Bonchev–Trinajstić information content (AvgIpc) is 1.35. The van der Waals surface area contributed by atoms with Crippen LogP contribution < -0.4 is 18.9 Å². The summed E-state index contributed by atoms with van der Waals surface area (Å²) < 4.78 is 0. The molecule has 0 saturated carbocycles. The molecule has 3 heteroatoms. The van der Waals surface area contributed by atoms with E-state index in [1.54, 1.807) is 6.92 Å². The Morgan fingerprint density at radius 3 is 2.29 bits per heavy atom. The molecule has 0 N–H and O–H groups in total. The van der Waals surface area contributed by atoms with Gasteiger partial charge in [0, 0.05) is 6.92 Å². The third-order valence-electron chi connectivity index (χ3n) is 0.348. The summed E-state index contributed by atoms with van der Waals surface area (Å²) in [6.45, 7) is 3.54. The van der Waals surface area contributed by atoms with Crippen LogP contribution in [0, 0.1) is 0 Å². The summed E-state index contributed by atoms with van der Waals surface area (Å²) in [5.41, 5.74) is 0. The van der Waals surface area contributed by atoms with Gasteiger partial charge in [0.1, 0.15) is 0 Å². The Bertz CT molecular complexity index is 60.0. The molecule has 0 aromatic rings. The van der Waals surface area contributed by atoms with Crippen molar-refractivity contribution in [3.05, 3.63) is 0 Å². The van der Waals surface area contributed by atoms with Crippen molar-refractivity contribution in [1.29, 1.82) is 0 Å². The van der Waals surface area contributed by atoms with Crippen molar-refractivity contribution in [2.45, 2.75) is 13.8 Å². The van der Waals surface area contributed by atoms with Gasteiger partial charge in [-0.05, 0) is 5.75 Å². The van der Waals surface area contributed by atoms with Crippen LogP contribution in [0.3, 0.4) is 0 Å². The van der Waals surface area contributed by atoms with Crippen molar-refractivity contribution < 1.29 is 25.1 Å². The Morgan fingerprint density at radius 2 is 2.29 bits per heavy atom. The van der Waals surface area contributed by atoms with E-state index in [1.807, 2.05) is 6.92 Å². The third kappa shape index (κ3) is 10.8. The van der Waals surface area contributed by atoms with Crippen molar-refractivity contribution in [2.75, 3.05) is 5.75 Å². The van der Waals surface area contributed by atoms with Gasteiger partial charge in [-0.25, -0.2) is 0 Å². The molecule has 0 amide bonds. The fourth-order valence-electron chi connectivity index (χ4n) is 0.203. The van der Waals surface area contributed by atoms with Gasteiger partial charge in [0.15, 0.2) is 5.12 Å². The Hall–Kier alpha value is 0.617. The van der Waals surface area contributed by atoms with Gasteiger partial charge in [-0.1, -0.05) is 18.7 Å². The average molecular weight is 112 g/mol. The number of thioether (sulfide) groups is 1. The normalized spacial score (nSPS) is 7.14. The van der Waals surface area contributed by atoms with E-state index in [1.165, 1.54) is 11.8 Å². The van der Waals surface area contributed by atoms with Gasteiger partial charge in [-0.3, -0.25) is 4.79 Å². The number of hydrogen-bond donors (Lipinski definition) is 0. The molecule has 0 spiro atoms. The first-order valence-corrected chi connectivity index (χ1v) is 2.89. The zero-order chi connectivity index (χ0) is 4.99. The van der Waals surface area contributed by atoms with Crippen LogP contribution in [0.15, 0.2) is 0 Å². The predicted octanol–water partition coefficient (Wildman–Crippen LogP) is -1.60. The van der Waals surface area contributed by atoms with E-state index in [4.69, 9.17) is 0 Å². The second kappa shape index (κ2) is 6.62. The molecule has 0 fully saturated rings. The first-order valence-electron chi connectivity index (χ1n) is 1.90. The summed E-state index contributed by atoms with van der Waals surface area (Å²) in [5.74, 6) is 0.898. The van der Waals surface area contributed by atoms with E-state index in [0.29, 0.717) is 0 Å². The topological polar surface area (TPSA) is 17.1 Å². The standard InChI is InChI=1S/C4H8OS.Li.H/c1-3-6-4(2)5;;/h3H2,1-2H3;;/q;+1;-1. The van der Waals surface area contributed by atoms with E-state index in [9.17, 15) is 4.79 Å². The van der Waals surface area contributed by atoms with Gasteiger partial charge in [0.2, 0.25) is 0 Å². The molecule has 1 nitrogen and oxygen atoms in total. The maximum absolute atomic E-state index is 10.0. The van der Waals surface area contributed by atoms with Gasteiger partial charge >= 0.3 is 18.9 Å². The number of carbonyl (C=O) groups excluding carboxylic acids is 1. The van der Waals surface area contributed by atoms with Crippen LogP contribution in [0.5, 0.6) is 0 Å². The van der Waals surface area contributed by atoms with E-state index >= 15 is 0 Å². The molecule has 38 valence electrons. The fraction of sp³-hybridized carbons (Fsp3) is 0.750. The molecular formula is C4H9LiOS. The largest absolute Gasteiger partial charge is 1.00 e. The Balaban J connectivity index is -0.000000125. The summed E-state index contributed by atoms with van der Waals surface area (Å²) in [7, 11) is 0. The van der Waals surface area contributed by atoms with Crippen LogP contribution in [0.2, 0.25) is 0 Å². The summed E-state index contributed by atoms with van der Waals surface area (Å²) in [6, 6.07) is 0. The fourth-order valence-corrected chi connectivity index (χ4v) is 0.610. The van der Waals surface area contributed by atoms with E-state index < -0.39 is 0 Å². The van der Waals surface area contributed by atoms with Gasteiger partial charge in [0.25, 0.3) is 0 Å². The molecular weight excluding hydrogens is 103 g/mol. The first-order chi connectivity index (χ1) is 2.77. The first kappa shape index (κ1) is 10.6. The summed E-state index contributed by atoms with van der Waals surface area (Å²) in [5, 5.41) is 0.206. The predicted molar refractivity (Wildman–Crippen MR) is 29.9 cm³/mol. The zero-order valence-electron chi connectivity index (χ0n) is 6.02. The molecule has 0 aliphatic carbocycles. The van der Waals surface area contributed by atoms with Gasteiger partial charge in [-0.2, -0.15) is 0 Å². The zero-order valence-corrected chi connectivity index (χ0v) is 5.84. The SMILES string of the molecule is CCSC(C)=O.[H-].[Li+]. The number of carbonyl (C=O) groups is 1. The third-order valence-corrected chi connectivity index (χ3v) is 1.04. The van der Waals surface area contributed by atoms with Crippen molar-refractivity contribution >= 4 is 16.9 Å². The second-order valence-electron chi connectivity index (χ2n) is 0.925. The quantitative estimate of drug-likeness (QED) is 0.380. The molecule has 0 radical (unpaired) electrons. The van der Waals surface area contributed by atoms with Crippen LogP contribution in [-0.2, 0) is 4.79 Å². The molecule has 0 heterocycles. The Kier molecular flexibility index (Phi) is 9.99. The molecule has 0 bridgehead atoms. The Morgan fingerprint density at radius 1 is 1.86 bits per heavy atom. The van der Waals surface area contributed by atoms with Crippen LogP contribution in [0.25, 0.3) is 0 Å². The van der Waals surface area contributed by atoms with E-state index in [-0.39, 0.29) is 25.4 Å². The minimum atomic E-state index is 0. The van der Waals surface area contributed by atoms with E-state index in [2.05, 4.69) is 0 Å².